The Labute approximate surface area is 209 Å². The third-order valence-corrected chi connectivity index (χ3v) is 7.29. The number of para-hydroxylation sites is 1. The fourth-order valence-electron chi connectivity index (χ4n) is 5.46. The van der Waals surface area contributed by atoms with Gasteiger partial charge in [0.15, 0.2) is 0 Å². The minimum absolute atomic E-state index is 0.104. The number of phenolic OH excluding ortho intramolecular Hbond substituents is 1. The molecule has 2 saturated heterocycles. The summed E-state index contributed by atoms with van der Waals surface area (Å²) < 4.78 is 40.7. The van der Waals surface area contributed by atoms with Crippen LogP contribution in [-0.4, -0.2) is 46.1 Å². The van der Waals surface area contributed by atoms with Gasteiger partial charge in [0.1, 0.15) is 5.75 Å². The van der Waals surface area contributed by atoms with Gasteiger partial charge in [-0.3, -0.25) is 14.8 Å². The number of nitrogens with zero attached hydrogens (tertiary/aromatic N) is 3. The van der Waals surface area contributed by atoms with Crippen molar-refractivity contribution in [3.8, 4) is 5.75 Å². The Morgan fingerprint density at radius 2 is 1.50 bits per heavy atom. The number of fused-ring (bicyclic) bond motifs is 1. The molecule has 0 radical (unpaired) electrons. The lowest BCUT2D eigenvalue weighted by molar-refractivity contribution is -0.136. The lowest BCUT2D eigenvalue weighted by Crippen LogP contribution is -2.30. The molecule has 36 heavy (non-hydrogen) atoms. The zero-order valence-corrected chi connectivity index (χ0v) is 20.4. The van der Waals surface area contributed by atoms with E-state index in [9.17, 15) is 18.3 Å². The summed E-state index contributed by atoms with van der Waals surface area (Å²) in [7, 11) is 0. The van der Waals surface area contributed by atoms with Crippen LogP contribution < -0.4 is 5.32 Å². The van der Waals surface area contributed by atoms with Crippen LogP contribution in [0.15, 0.2) is 42.6 Å². The van der Waals surface area contributed by atoms with Crippen LogP contribution >= 0.6 is 0 Å². The molecule has 0 amide bonds. The SMILES string of the molecule is Oc1c(CN2CCCCC2)cc(CN2CCCCC2)cc1Nc1ccnc2c(C(F)(F)F)cccc12. The van der Waals surface area contributed by atoms with E-state index in [-0.39, 0.29) is 11.3 Å². The summed E-state index contributed by atoms with van der Waals surface area (Å²) in [4.78, 5) is 8.82. The molecule has 2 fully saturated rings. The Morgan fingerprint density at radius 1 is 0.833 bits per heavy atom. The molecular weight excluding hydrogens is 465 g/mol. The van der Waals surface area contributed by atoms with Gasteiger partial charge in [-0.05, 0) is 81.7 Å². The van der Waals surface area contributed by atoms with Crippen molar-refractivity contribution < 1.29 is 18.3 Å². The highest BCUT2D eigenvalue weighted by Crippen LogP contribution is 2.39. The summed E-state index contributed by atoms with van der Waals surface area (Å²) in [5, 5.41) is 14.9. The lowest BCUT2D eigenvalue weighted by Gasteiger charge is -2.29. The second-order valence-electron chi connectivity index (χ2n) is 10.0. The highest BCUT2D eigenvalue weighted by atomic mass is 19.4. The van der Waals surface area contributed by atoms with Crippen LogP contribution in [0.25, 0.3) is 10.9 Å². The van der Waals surface area contributed by atoms with Gasteiger partial charge in [0, 0.05) is 35.9 Å². The molecule has 2 N–H and O–H groups in total. The number of hydrogen-bond acceptors (Lipinski definition) is 5. The predicted molar refractivity (Wildman–Crippen MR) is 136 cm³/mol. The number of pyridine rings is 1. The largest absolute Gasteiger partial charge is 0.505 e. The number of likely N-dealkylation sites (tertiary alicyclic amines) is 2. The zero-order valence-electron chi connectivity index (χ0n) is 20.4. The molecular formula is C28H33F3N4O. The first-order valence-corrected chi connectivity index (χ1v) is 12.9. The topological polar surface area (TPSA) is 51.6 Å². The van der Waals surface area contributed by atoms with Crippen molar-refractivity contribution in [3.05, 3.63) is 59.3 Å². The van der Waals surface area contributed by atoms with Crippen LogP contribution in [0.2, 0.25) is 0 Å². The van der Waals surface area contributed by atoms with Crippen molar-refractivity contribution in [1.82, 2.24) is 14.8 Å². The number of halogens is 3. The normalized spacial score (nSPS) is 18.0. The van der Waals surface area contributed by atoms with E-state index < -0.39 is 11.7 Å². The van der Waals surface area contributed by atoms with Gasteiger partial charge in [-0.2, -0.15) is 13.2 Å². The van der Waals surface area contributed by atoms with E-state index in [1.165, 1.54) is 37.9 Å². The van der Waals surface area contributed by atoms with E-state index in [1.807, 2.05) is 6.07 Å². The van der Waals surface area contributed by atoms with Crippen molar-refractivity contribution in [2.75, 3.05) is 31.5 Å². The van der Waals surface area contributed by atoms with Gasteiger partial charge in [0.25, 0.3) is 0 Å². The molecule has 3 aromatic rings. The summed E-state index contributed by atoms with van der Waals surface area (Å²) in [6.45, 7) is 5.57. The molecule has 5 rings (SSSR count). The third kappa shape index (κ3) is 5.60. The van der Waals surface area contributed by atoms with Crippen LogP contribution in [0.5, 0.6) is 5.75 Å². The molecule has 0 bridgehead atoms. The van der Waals surface area contributed by atoms with Gasteiger partial charge < -0.3 is 10.4 Å². The molecule has 0 aliphatic carbocycles. The van der Waals surface area contributed by atoms with Gasteiger partial charge in [-0.1, -0.05) is 25.0 Å². The van der Waals surface area contributed by atoms with Crippen molar-refractivity contribution >= 4 is 22.3 Å². The van der Waals surface area contributed by atoms with E-state index in [0.717, 1.165) is 62.8 Å². The number of hydrogen-bond donors (Lipinski definition) is 2. The maximum atomic E-state index is 13.6. The Balaban J connectivity index is 1.51. The summed E-state index contributed by atoms with van der Waals surface area (Å²) in [5.74, 6) is 0.153. The molecule has 2 aliphatic heterocycles. The van der Waals surface area contributed by atoms with E-state index in [1.54, 1.807) is 12.1 Å². The maximum Gasteiger partial charge on any atom is 0.418 e. The summed E-state index contributed by atoms with van der Waals surface area (Å²) in [5.41, 5.74) is 2.08. The first-order chi connectivity index (χ1) is 17.4. The molecule has 0 unspecified atom stereocenters. The molecule has 0 atom stereocenters. The van der Waals surface area contributed by atoms with Gasteiger partial charge >= 0.3 is 6.18 Å². The summed E-state index contributed by atoms with van der Waals surface area (Å²) in [6.07, 6.45) is 4.07. The van der Waals surface area contributed by atoms with Crippen molar-refractivity contribution in [3.63, 3.8) is 0 Å². The minimum Gasteiger partial charge on any atom is -0.505 e. The number of aromatic hydroxyl groups is 1. The lowest BCUT2D eigenvalue weighted by atomic mass is 10.0. The summed E-state index contributed by atoms with van der Waals surface area (Å²) in [6, 6.07) is 9.76. The molecule has 3 heterocycles. The second kappa shape index (κ2) is 10.6. The first-order valence-electron chi connectivity index (χ1n) is 12.9. The Kier molecular flexibility index (Phi) is 7.34. The number of alkyl halides is 3. The fraction of sp³-hybridized carbons (Fsp3) is 0.464. The maximum absolute atomic E-state index is 13.6. The van der Waals surface area contributed by atoms with E-state index in [0.29, 0.717) is 23.3 Å². The molecule has 8 heteroatoms. The highest BCUT2D eigenvalue weighted by molar-refractivity contribution is 5.95. The summed E-state index contributed by atoms with van der Waals surface area (Å²) >= 11 is 0. The zero-order chi connectivity index (χ0) is 25.1. The Bertz CT molecular complexity index is 1200. The number of piperidine rings is 2. The number of phenols is 1. The van der Waals surface area contributed by atoms with E-state index in [4.69, 9.17) is 0 Å². The average Bonchev–Trinajstić information content (AvgIpc) is 2.87. The number of rotatable bonds is 6. The molecule has 0 saturated carbocycles. The molecule has 2 aromatic carbocycles. The van der Waals surface area contributed by atoms with Gasteiger partial charge in [-0.15, -0.1) is 0 Å². The number of nitrogens with one attached hydrogen (secondary N) is 1. The Hall–Kier alpha value is -2.84. The quantitative estimate of drug-likeness (QED) is 0.372. The van der Waals surface area contributed by atoms with Crippen LogP contribution in [-0.2, 0) is 19.3 Å². The van der Waals surface area contributed by atoms with Crippen LogP contribution in [0.3, 0.4) is 0 Å². The average molecular weight is 499 g/mol. The standard InChI is InChI=1S/C28H33F3N4O/c29-28(30,31)23-9-7-8-22-24(10-11-32-26(22)23)33-25-17-20(18-34-12-3-1-4-13-34)16-21(27(25)36)19-35-14-5-2-6-15-35/h7-11,16-17,36H,1-6,12-15,18-19H2,(H,32,33). The van der Waals surface area contributed by atoms with Crippen LogP contribution in [0.1, 0.15) is 55.2 Å². The smallest absolute Gasteiger partial charge is 0.418 e. The van der Waals surface area contributed by atoms with E-state index in [2.05, 4.69) is 26.2 Å². The first kappa shape index (κ1) is 24.8. The molecule has 2 aliphatic rings. The molecule has 0 spiro atoms. The van der Waals surface area contributed by atoms with Crippen LogP contribution in [0, 0.1) is 0 Å². The molecule has 1 aromatic heterocycles. The highest BCUT2D eigenvalue weighted by Gasteiger charge is 2.33. The monoisotopic (exact) mass is 498 g/mol. The fourth-order valence-corrected chi connectivity index (χ4v) is 5.46. The van der Waals surface area contributed by atoms with Gasteiger partial charge in [-0.25, -0.2) is 0 Å². The van der Waals surface area contributed by atoms with E-state index >= 15 is 0 Å². The number of aromatic nitrogens is 1. The number of benzene rings is 2. The minimum atomic E-state index is -4.50. The second-order valence-corrected chi connectivity index (χ2v) is 10.0. The van der Waals surface area contributed by atoms with Crippen LogP contribution in [0.4, 0.5) is 24.5 Å². The molecule has 5 nitrogen and oxygen atoms in total. The number of anilines is 2. The van der Waals surface area contributed by atoms with Crippen molar-refractivity contribution in [2.24, 2.45) is 0 Å². The molecule has 192 valence electrons. The van der Waals surface area contributed by atoms with Gasteiger partial charge in [0.2, 0.25) is 0 Å². The predicted octanol–water partition coefficient (Wildman–Crippen LogP) is 6.67. The van der Waals surface area contributed by atoms with Crippen molar-refractivity contribution in [1.29, 1.82) is 0 Å². The Morgan fingerprint density at radius 3 is 2.17 bits per heavy atom. The van der Waals surface area contributed by atoms with Gasteiger partial charge in [0.05, 0.1) is 16.8 Å². The van der Waals surface area contributed by atoms with Crippen molar-refractivity contribution in [2.45, 2.75) is 57.8 Å². The third-order valence-electron chi connectivity index (χ3n) is 7.29.